The molecule has 0 saturated carbocycles. The van der Waals surface area contributed by atoms with Crippen LogP contribution in [0.3, 0.4) is 0 Å². The summed E-state index contributed by atoms with van der Waals surface area (Å²) >= 11 is 9.40. The molecule has 0 amide bonds. The number of likely N-dealkylation sites (N-methyl/N-ethyl adjacent to an activating group) is 1. The molecule has 0 aromatic heterocycles. The van der Waals surface area contributed by atoms with E-state index in [9.17, 15) is 8.42 Å². The highest BCUT2D eigenvalue weighted by molar-refractivity contribution is 9.10. The minimum atomic E-state index is -3.55. The Morgan fingerprint density at radius 3 is 2.70 bits per heavy atom. The van der Waals surface area contributed by atoms with Crippen LogP contribution in [0.25, 0.3) is 0 Å². The van der Waals surface area contributed by atoms with Gasteiger partial charge in [0.05, 0.1) is 5.02 Å². The fourth-order valence-electron chi connectivity index (χ4n) is 2.52. The van der Waals surface area contributed by atoms with Crippen molar-refractivity contribution in [3.8, 4) is 0 Å². The van der Waals surface area contributed by atoms with Gasteiger partial charge in [-0.05, 0) is 45.1 Å². The second kappa shape index (κ2) is 6.32. The summed E-state index contributed by atoms with van der Waals surface area (Å²) in [6.45, 7) is 4.10. The Balaban J connectivity index is 2.38. The SMILES string of the molecule is CC1CN(C)CCCN1S(=O)(=O)c1ccc(Br)cc1Cl. The van der Waals surface area contributed by atoms with Crippen LogP contribution in [0.2, 0.25) is 5.02 Å². The third-order valence-corrected chi connectivity index (χ3v) is 6.46. The summed E-state index contributed by atoms with van der Waals surface area (Å²) in [5.74, 6) is 0. The molecule has 20 heavy (non-hydrogen) atoms. The minimum Gasteiger partial charge on any atom is -0.305 e. The monoisotopic (exact) mass is 380 g/mol. The van der Waals surface area contributed by atoms with Gasteiger partial charge in [0, 0.05) is 23.6 Å². The van der Waals surface area contributed by atoms with E-state index in [-0.39, 0.29) is 16.0 Å². The van der Waals surface area contributed by atoms with Crippen molar-refractivity contribution in [3.05, 3.63) is 27.7 Å². The average molecular weight is 382 g/mol. The lowest BCUT2D eigenvalue weighted by atomic mass is 10.3. The molecule has 2 rings (SSSR count). The van der Waals surface area contributed by atoms with E-state index in [4.69, 9.17) is 11.6 Å². The Morgan fingerprint density at radius 1 is 1.35 bits per heavy atom. The van der Waals surface area contributed by atoms with Crippen LogP contribution < -0.4 is 0 Å². The molecular weight excluding hydrogens is 364 g/mol. The van der Waals surface area contributed by atoms with Crippen molar-refractivity contribution in [2.75, 3.05) is 26.7 Å². The Morgan fingerprint density at radius 2 is 2.05 bits per heavy atom. The van der Waals surface area contributed by atoms with Gasteiger partial charge in [-0.15, -0.1) is 0 Å². The van der Waals surface area contributed by atoms with Gasteiger partial charge in [-0.1, -0.05) is 27.5 Å². The molecule has 4 nitrogen and oxygen atoms in total. The second-order valence-corrected chi connectivity index (χ2v) is 8.34. The maximum atomic E-state index is 12.8. The van der Waals surface area contributed by atoms with Gasteiger partial charge in [0.1, 0.15) is 4.90 Å². The molecule has 0 radical (unpaired) electrons. The van der Waals surface area contributed by atoms with Crippen LogP contribution in [0, 0.1) is 0 Å². The first-order chi connectivity index (χ1) is 9.32. The Hall–Kier alpha value is -0.140. The molecule has 0 aliphatic carbocycles. The number of sulfonamides is 1. The zero-order valence-electron chi connectivity index (χ0n) is 11.5. The number of rotatable bonds is 2. The quantitative estimate of drug-likeness (QED) is 0.791. The van der Waals surface area contributed by atoms with Crippen LogP contribution in [-0.2, 0) is 10.0 Å². The molecule has 1 saturated heterocycles. The maximum absolute atomic E-state index is 12.8. The highest BCUT2D eigenvalue weighted by atomic mass is 79.9. The second-order valence-electron chi connectivity index (χ2n) is 5.16. The van der Waals surface area contributed by atoms with Gasteiger partial charge >= 0.3 is 0 Å². The molecule has 1 aliphatic heterocycles. The molecule has 112 valence electrons. The van der Waals surface area contributed by atoms with Gasteiger partial charge in [0.25, 0.3) is 0 Å². The number of hydrogen-bond acceptors (Lipinski definition) is 3. The standard InChI is InChI=1S/C13H18BrClN2O2S/c1-10-9-16(2)6-3-7-17(10)20(18,19)13-5-4-11(14)8-12(13)15/h4-5,8,10H,3,6-7,9H2,1-2H3. The fraction of sp³-hybridized carbons (Fsp3) is 0.538. The largest absolute Gasteiger partial charge is 0.305 e. The highest BCUT2D eigenvalue weighted by Gasteiger charge is 2.32. The summed E-state index contributed by atoms with van der Waals surface area (Å²) in [5.41, 5.74) is 0. The van der Waals surface area contributed by atoms with E-state index in [1.165, 1.54) is 0 Å². The first-order valence-corrected chi connectivity index (χ1v) is 9.09. The third-order valence-electron chi connectivity index (χ3n) is 3.47. The molecule has 1 heterocycles. The van der Waals surface area contributed by atoms with E-state index in [1.807, 2.05) is 14.0 Å². The lowest BCUT2D eigenvalue weighted by Crippen LogP contribution is -2.41. The van der Waals surface area contributed by atoms with E-state index in [0.29, 0.717) is 6.54 Å². The van der Waals surface area contributed by atoms with Gasteiger partial charge < -0.3 is 4.90 Å². The topological polar surface area (TPSA) is 40.6 Å². The number of nitrogens with zero attached hydrogens (tertiary/aromatic N) is 2. The van der Waals surface area contributed by atoms with Crippen LogP contribution in [0.1, 0.15) is 13.3 Å². The van der Waals surface area contributed by atoms with E-state index in [2.05, 4.69) is 20.8 Å². The van der Waals surface area contributed by atoms with Crippen molar-refractivity contribution in [1.29, 1.82) is 0 Å². The predicted octanol–water partition coefficient (Wildman–Crippen LogP) is 2.82. The molecule has 1 aromatic rings. The molecule has 0 bridgehead atoms. The molecule has 1 aromatic carbocycles. The van der Waals surface area contributed by atoms with E-state index in [0.717, 1.165) is 24.0 Å². The van der Waals surface area contributed by atoms with E-state index >= 15 is 0 Å². The van der Waals surface area contributed by atoms with Crippen LogP contribution in [0.4, 0.5) is 0 Å². The van der Waals surface area contributed by atoms with Crippen molar-refractivity contribution in [3.63, 3.8) is 0 Å². The molecule has 0 N–H and O–H groups in total. The Labute approximate surface area is 133 Å². The molecular formula is C13H18BrClN2O2S. The molecule has 7 heteroatoms. The van der Waals surface area contributed by atoms with E-state index < -0.39 is 10.0 Å². The zero-order valence-corrected chi connectivity index (χ0v) is 14.7. The molecule has 1 unspecified atom stereocenters. The molecule has 1 aliphatic rings. The van der Waals surface area contributed by atoms with Crippen molar-refractivity contribution >= 4 is 37.6 Å². The normalized spacial score (nSPS) is 22.7. The van der Waals surface area contributed by atoms with Gasteiger partial charge in [0.2, 0.25) is 10.0 Å². The lowest BCUT2D eigenvalue weighted by Gasteiger charge is -2.27. The van der Waals surface area contributed by atoms with Crippen molar-refractivity contribution in [2.24, 2.45) is 0 Å². The number of halogens is 2. The lowest BCUT2D eigenvalue weighted by molar-refractivity contribution is 0.290. The Bertz CT molecular complexity index is 594. The fourth-order valence-corrected chi connectivity index (χ4v) is 5.19. The summed E-state index contributed by atoms with van der Waals surface area (Å²) in [6.07, 6.45) is 0.828. The average Bonchev–Trinajstić information content (AvgIpc) is 2.49. The van der Waals surface area contributed by atoms with Crippen molar-refractivity contribution in [1.82, 2.24) is 9.21 Å². The zero-order chi connectivity index (χ0) is 14.9. The summed E-state index contributed by atoms with van der Waals surface area (Å²) in [6, 6.07) is 4.81. The van der Waals surface area contributed by atoms with Gasteiger partial charge in [-0.2, -0.15) is 4.31 Å². The smallest absolute Gasteiger partial charge is 0.244 e. The highest BCUT2D eigenvalue weighted by Crippen LogP contribution is 2.29. The van der Waals surface area contributed by atoms with Crippen LogP contribution >= 0.6 is 27.5 Å². The van der Waals surface area contributed by atoms with Gasteiger partial charge in [0.15, 0.2) is 0 Å². The third kappa shape index (κ3) is 3.36. The van der Waals surface area contributed by atoms with Gasteiger partial charge in [-0.3, -0.25) is 0 Å². The maximum Gasteiger partial charge on any atom is 0.244 e. The summed E-state index contributed by atoms with van der Waals surface area (Å²) in [5, 5.41) is 0.254. The van der Waals surface area contributed by atoms with E-state index in [1.54, 1.807) is 22.5 Å². The minimum absolute atomic E-state index is 0.0628. The number of hydrogen-bond donors (Lipinski definition) is 0. The van der Waals surface area contributed by atoms with Crippen LogP contribution in [-0.4, -0.2) is 50.3 Å². The first-order valence-electron chi connectivity index (χ1n) is 6.48. The number of benzene rings is 1. The van der Waals surface area contributed by atoms with Crippen LogP contribution in [0.15, 0.2) is 27.6 Å². The summed E-state index contributed by atoms with van der Waals surface area (Å²) < 4.78 is 27.9. The Kier molecular flexibility index (Phi) is 5.13. The van der Waals surface area contributed by atoms with Crippen molar-refractivity contribution < 1.29 is 8.42 Å². The predicted molar refractivity (Wildman–Crippen MR) is 84.6 cm³/mol. The first kappa shape index (κ1) is 16.2. The molecule has 0 spiro atoms. The summed E-state index contributed by atoms with van der Waals surface area (Å²) in [4.78, 5) is 2.34. The van der Waals surface area contributed by atoms with Crippen molar-refractivity contribution in [2.45, 2.75) is 24.3 Å². The summed E-state index contributed by atoms with van der Waals surface area (Å²) in [7, 11) is -1.54. The van der Waals surface area contributed by atoms with Crippen LogP contribution in [0.5, 0.6) is 0 Å². The molecule has 1 fully saturated rings. The molecule has 1 atom stereocenters. The van der Waals surface area contributed by atoms with Gasteiger partial charge in [-0.25, -0.2) is 8.42 Å².